The van der Waals surface area contributed by atoms with Crippen molar-refractivity contribution in [2.24, 2.45) is 0 Å². The zero-order valence-corrected chi connectivity index (χ0v) is 13.6. The monoisotopic (exact) mass is 328 g/mol. The van der Waals surface area contributed by atoms with Crippen LogP contribution in [-0.4, -0.2) is 51.6 Å². The molecule has 1 atom stereocenters. The van der Waals surface area contributed by atoms with Gasteiger partial charge in [-0.25, -0.2) is 4.68 Å². The molecule has 0 saturated carbocycles. The van der Waals surface area contributed by atoms with E-state index in [4.69, 9.17) is 9.47 Å². The highest BCUT2D eigenvalue weighted by Gasteiger charge is 2.26. The number of nitrogens with zero attached hydrogens (tertiary/aromatic N) is 4. The number of aromatic nitrogens is 3. The molecule has 126 valence electrons. The predicted octanol–water partition coefficient (Wildman–Crippen LogP) is 2.05. The van der Waals surface area contributed by atoms with Gasteiger partial charge in [0.1, 0.15) is 13.2 Å². The Morgan fingerprint density at radius 1 is 1.21 bits per heavy atom. The van der Waals surface area contributed by atoms with E-state index in [9.17, 15) is 4.79 Å². The lowest BCUT2D eigenvalue weighted by Crippen LogP contribution is -2.42. The highest BCUT2D eigenvalue weighted by Crippen LogP contribution is 2.31. The van der Waals surface area contributed by atoms with Crippen molar-refractivity contribution in [2.75, 3.05) is 19.8 Å². The van der Waals surface area contributed by atoms with Crippen molar-refractivity contribution in [3.63, 3.8) is 0 Å². The number of benzene rings is 1. The molecule has 2 aromatic rings. The summed E-state index contributed by atoms with van der Waals surface area (Å²) in [6, 6.07) is 5.83. The number of piperidine rings is 1. The molecule has 1 aromatic heterocycles. The largest absolute Gasteiger partial charge is 0.486 e. The number of carbonyl (C=O) groups excluding carboxylic acids is 1. The fraction of sp³-hybridized carbons (Fsp3) is 0.471. The Hall–Kier alpha value is -2.57. The Morgan fingerprint density at radius 2 is 2.04 bits per heavy atom. The number of ether oxygens (including phenoxy) is 2. The molecule has 1 fully saturated rings. The number of rotatable bonds is 2. The number of likely N-dealkylation sites (tertiary alicyclic amines) is 1. The fourth-order valence-corrected chi connectivity index (χ4v) is 3.21. The molecule has 2 aliphatic heterocycles. The normalized spacial score (nSPS) is 20.0. The van der Waals surface area contributed by atoms with Gasteiger partial charge < -0.3 is 14.4 Å². The standard InChI is InChI=1S/C17H20N4O3/c1-12-4-2-3-7-20(12)17(22)14-11-21(19-18-14)13-5-6-15-16(10-13)24-9-8-23-15/h5-6,10-12H,2-4,7-9H2,1H3. The van der Waals surface area contributed by atoms with Gasteiger partial charge in [-0.2, -0.15) is 0 Å². The fourth-order valence-electron chi connectivity index (χ4n) is 3.21. The third-order valence-corrected chi connectivity index (χ3v) is 4.57. The average Bonchev–Trinajstić information content (AvgIpc) is 3.11. The number of hydrogen-bond acceptors (Lipinski definition) is 5. The van der Waals surface area contributed by atoms with E-state index in [2.05, 4.69) is 17.2 Å². The topological polar surface area (TPSA) is 69.5 Å². The second-order valence-corrected chi connectivity index (χ2v) is 6.22. The molecule has 3 heterocycles. The van der Waals surface area contributed by atoms with Crippen LogP contribution in [0.5, 0.6) is 11.5 Å². The van der Waals surface area contributed by atoms with Crippen molar-refractivity contribution < 1.29 is 14.3 Å². The second kappa shape index (κ2) is 6.14. The lowest BCUT2D eigenvalue weighted by Gasteiger charge is -2.32. The van der Waals surface area contributed by atoms with Crippen LogP contribution in [0.25, 0.3) is 5.69 Å². The molecule has 0 bridgehead atoms. The van der Waals surface area contributed by atoms with Crippen LogP contribution in [0.4, 0.5) is 0 Å². The van der Waals surface area contributed by atoms with Crippen molar-refractivity contribution in [1.82, 2.24) is 19.9 Å². The molecule has 1 unspecified atom stereocenters. The molecule has 0 radical (unpaired) electrons. The first-order valence-corrected chi connectivity index (χ1v) is 8.36. The maximum atomic E-state index is 12.7. The van der Waals surface area contributed by atoms with Crippen LogP contribution in [0.3, 0.4) is 0 Å². The molecule has 7 heteroatoms. The van der Waals surface area contributed by atoms with E-state index in [0.717, 1.165) is 30.8 Å². The van der Waals surface area contributed by atoms with Crippen LogP contribution in [-0.2, 0) is 0 Å². The third kappa shape index (κ3) is 2.70. The van der Waals surface area contributed by atoms with E-state index in [-0.39, 0.29) is 11.9 Å². The summed E-state index contributed by atoms with van der Waals surface area (Å²) in [6.45, 7) is 3.96. The Bertz CT molecular complexity index is 758. The highest BCUT2D eigenvalue weighted by atomic mass is 16.6. The van der Waals surface area contributed by atoms with Crippen LogP contribution < -0.4 is 9.47 Å². The van der Waals surface area contributed by atoms with Gasteiger partial charge in [0.25, 0.3) is 5.91 Å². The number of fused-ring (bicyclic) bond motifs is 1. The lowest BCUT2D eigenvalue weighted by molar-refractivity contribution is 0.0629. The van der Waals surface area contributed by atoms with Crippen LogP contribution in [0.15, 0.2) is 24.4 Å². The Kier molecular flexibility index (Phi) is 3.84. The van der Waals surface area contributed by atoms with E-state index in [1.165, 1.54) is 6.42 Å². The average molecular weight is 328 g/mol. The molecule has 24 heavy (non-hydrogen) atoms. The van der Waals surface area contributed by atoms with Crippen LogP contribution >= 0.6 is 0 Å². The highest BCUT2D eigenvalue weighted by molar-refractivity contribution is 5.92. The van der Waals surface area contributed by atoms with Crippen molar-refractivity contribution in [3.8, 4) is 17.2 Å². The summed E-state index contributed by atoms with van der Waals surface area (Å²) in [7, 11) is 0. The third-order valence-electron chi connectivity index (χ3n) is 4.57. The smallest absolute Gasteiger partial charge is 0.276 e. The predicted molar refractivity (Wildman–Crippen MR) is 86.7 cm³/mol. The molecule has 1 saturated heterocycles. The summed E-state index contributed by atoms with van der Waals surface area (Å²) >= 11 is 0. The first-order valence-electron chi connectivity index (χ1n) is 8.36. The zero-order chi connectivity index (χ0) is 16.5. The van der Waals surface area contributed by atoms with E-state index < -0.39 is 0 Å². The molecule has 0 aliphatic carbocycles. The van der Waals surface area contributed by atoms with Gasteiger partial charge in [0.2, 0.25) is 0 Å². The van der Waals surface area contributed by atoms with Gasteiger partial charge in [0, 0.05) is 18.7 Å². The van der Waals surface area contributed by atoms with Gasteiger partial charge in [-0.3, -0.25) is 4.79 Å². The van der Waals surface area contributed by atoms with E-state index >= 15 is 0 Å². The van der Waals surface area contributed by atoms with E-state index in [1.54, 1.807) is 10.9 Å². The number of carbonyl (C=O) groups is 1. The van der Waals surface area contributed by atoms with Gasteiger partial charge in [-0.15, -0.1) is 5.10 Å². The van der Waals surface area contributed by atoms with Gasteiger partial charge in [0.05, 0.1) is 11.9 Å². The molecule has 4 rings (SSSR count). The second-order valence-electron chi connectivity index (χ2n) is 6.22. The molecule has 1 aromatic carbocycles. The minimum absolute atomic E-state index is 0.0500. The minimum Gasteiger partial charge on any atom is -0.486 e. The van der Waals surface area contributed by atoms with Crippen molar-refractivity contribution in [1.29, 1.82) is 0 Å². The van der Waals surface area contributed by atoms with Gasteiger partial charge in [0.15, 0.2) is 17.2 Å². The number of amides is 1. The molecule has 2 aliphatic rings. The summed E-state index contributed by atoms with van der Waals surface area (Å²) in [5, 5.41) is 8.16. The lowest BCUT2D eigenvalue weighted by atomic mass is 10.0. The molecule has 0 spiro atoms. The van der Waals surface area contributed by atoms with E-state index in [0.29, 0.717) is 24.7 Å². The molecular weight excluding hydrogens is 308 g/mol. The Balaban J connectivity index is 1.57. The SMILES string of the molecule is CC1CCCCN1C(=O)c1cn(-c2ccc3c(c2)OCCO3)nn1. The summed E-state index contributed by atoms with van der Waals surface area (Å²) in [4.78, 5) is 14.5. The molecule has 1 amide bonds. The number of hydrogen-bond donors (Lipinski definition) is 0. The van der Waals surface area contributed by atoms with Gasteiger partial charge in [-0.05, 0) is 38.3 Å². The first kappa shape index (κ1) is 15.0. The quantitative estimate of drug-likeness (QED) is 0.844. The molecule has 7 nitrogen and oxygen atoms in total. The summed E-state index contributed by atoms with van der Waals surface area (Å²) in [6.07, 6.45) is 4.94. The molecule has 0 N–H and O–H groups in total. The summed E-state index contributed by atoms with van der Waals surface area (Å²) < 4.78 is 12.7. The van der Waals surface area contributed by atoms with Crippen LogP contribution in [0.1, 0.15) is 36.7 Å². The minimum atomic E-state index is -0.0500. The molecular formula is C17H20N4O3. The van der Waals surface area contributed by atoms with Crippen molar-refractivity contribution in [2.45, 2.75) is 32.2 Å². The van der Waals surface area contributed by atoms with Crippen LogP contribution in [0, 0.1) is 0 Å². The maximum absolute atomic E-state index is 12.7. The van der Waals surface area contributed by atoms with Crippen molar-refractivity contribution in [3.05, 3.63) is 30.1 Å². The summed E-state index contributed by atoms with van der Waals surface area (Å²) in [5.41, 5.74) is 1.16. The van der Waals surface area contributed by atoms with Crippen molar-refractivity contribution >= 4 is 5.91 Å². The Morgan fingerprint density at radius 3 is 2.88 bits per heavy atom. The summed E-state index contributed by atoms with van der Waals surface area (Å²) in [5.74, 6) is 1.36. The zero-order valence-electron chi connectivity index (χ0n) is 13.6. The van der Waals surface area contributed by atoms with E-state index in [1.807, 2.05) is 23.1 Å². The maximum Gasteiger partial charge on any atom is 0.276 e. The van der Waals surface area contributed by atoms with Crippen LogP contribution in [0.2, 0.25) is 0 Å². The van der Waals surface area contributed by atoms with Gasteiger partial charge in [-0.1, -0.05) is 5.21 Å². The van der Waals surface area contributed by atoms with Gasteiger partial charge >= 0.3 is 0 Å². The first-order chi connectivity index (χ1) is 11.7. The Labute approximate surface area is 140 Å².